The molecule has 0 radical (unpaired) electrons. The van der Waals surface area contributed by atoms with Crippen molar-refractivity contribution >= 4 is 16.9 Å². The summed E-state index contributed by atoms with van der Waals surface area (Å²) in [5.41, 5.74) is 3.49. The van der Waals surface area contributed by atoms with Crippen molar-refractivity contribution in [1.82, 2.24) is 24.3 Å². The maximum absolute atomic E-state index is 13.1. The van der Waals surface area contributed by atoms with Crippen LogP contribution in [0, 0.1) is 0 Å². The molecule has 0 aliphatic carbocycles. The van der Waals surface area contributed by atoms with E-state index < -0.39 is 6.61 Å². The summed E-state index contributed by atoms with van der Waals surface area (Å²) in [6.45, 7) is -2.95. The first-order chi connectivity index (χ1) is 13.5. The van der Waals surface area contributed by atoms with Crippen LogP contribution in [0.25, 0.3) is 33.5 Å². The quantitative estimate of drug-likeness (QED) is 0.568. The van der Waals surface area contributed by atoms with Crippen LogP contribution in [-0.4, -0.2) is 38.0 Å². The van der Waals surface area contributed by atoms with Crippen LogP contribution in [0.2, 0.25) is 0 Å². The maximum Gasteiger partial charge on any atom is 0.387 e. The van der Waals surface area contributed by atoms with Crippen LogP contribution in [0.3, 0.4) is 0 Å². The fourth-order valence-corrected chi connectivity index (χ4v) is 3.12. The highest BCUT2D eigenvalue weighted by Gasteiger charge is 2.18. The van der Waals surface area contributed by atoms with Crippen LogP contribution in [0.5, 0.6) is 5.75 Å². The third kappa shape index (κ3) is 3.15. The largest absolute Gasteiger partial charge is 0.434 e. The number of hydrogen-bond donors (Lipinski definition) is 1. The summed E-state index contributed by atoms with van der Waals surface area (Å²) in [5, 5.41) is 7.10. The number of aromatic nitrogens is 5. The number of alkyl halides is 2. The lowest BCUT2D eigenvalue weighted by Gasteiger charge is -2.12. The standard InChI is InChI=1S/C19H18F2N6O/c1-22-17-7-15-14(9-23-17)25-18(27(15)3)13-5-4-11(6-16(13)28-19(20)21)12-8-24-26(2)10-12/h4-10,19H,1-3H3,(H,22,23). The highest BCUT2D eigenvalue weighted by atomic mass is 19.3. The molecule has 0 aliphatic rings. The summed E-state index contributed by atoms with van der Waals surface area (Å²) < 4.78 is 34.4. The number of rotatable bonds is 5. The molecule has 4 rings (SSSR count). The van der Waals surface area contributed by atoms with E-state index in [0.29, 0.717) is 22.7 Å². The van der Waals surface area contributed by atoms with Gasteiger partial charge in [0.15, 0.2) is 0 Å². The molecular formula is C19H18F2N6O. The molecule has 9 heteroatoms. The van der Waals surface area contributed by atoms with E-state index in [2.05, 4.69) is 20.4 Å². The summed E-state index contributed by atoms with van der Waals surface area (Å²) >= 11 is 0. The average molecular weight is 384 g/mol. The van der Waals surface area contributed by atoms with Crippen LogP contribution in [-0.2, 0) is 14.1 Å². The monoisotopic (exact) mass is 384 g/mol. The van der Waals surface area contributed by atoms with Gasteiger partial charge in [-0.15, -0.1) is 0 Å². The topological polar surface area (TPSA) is 69.8 Å². The van der Waals surface area contributed by atoms with Gasteiger partial charge >= 0.3 is 6.61 Å². The van der Waals surface area contributed by atoms with Crippen molar-refractivity contribution in [2.24, 2.45) is 14.1 Å². The summed E-state index contributed by atoms with van der Waals surface area (Å²) in [6, 6.07) is 6.99. The number of imidazole rings is 1. The number of nitrogens with one attached hydrogen (secondary N) is 1. The normalized spacial score (nSPS) is 11.4. The number of nitrogens with zero attached hydrogens (tertiary/aromatic N) is 5. The van der Waals surface area contributed by atoms with E-state index in [1.54, 1.807) is 49.5 Å². The molecule has 0 saturated heterocycles. The summed E-state index contributed by atoms with van der Waals surface area (Å²) in [7, 11) is 5.39. The lowest BCUT2D eigenvalue weighted by atomic mass is 10.1. The molecule has 1 N–H and O–H groups in total. The third-order valence-electron chi connectivity index (χ3n) is 4.50. The Balaban J connectivity index is 1.86. The lowest BCUT2D eigenvalue weighted by Crippen LogP contribution is -2.05. The van der Waals surface area contributed by atoms with Crippen LogP contribution in [0.1, 0.15) is 0 Å². The second kappa shape index (κ2) is 6.91. The van der Waals surface area contributed by atoms with Gasteiger partial charge in [-0.25, -0.2) is 9.97 Å². The summed E-state index contributed by atoms with van der Waals surface area (Å²) in [4.78, 5) is 8.82. The van der Waals surface area contributed by atoms with Crippen LogP contribution >= 0.6 is 0 Å². The molecule has 1 aromatic carbocycles. The number of halogens is 2. The minimum atomic E-state index is -2.95. The first kappa shape index (κ1) is 17.9. The molecule has 4 aromatic rings. The second-order valence-corrected chi connectivity index (χ2v) is 6.29. The lowest BCUT2D eigenvalue weighted by molar-refractivity contribution is -0.0494. The zero-order valence-corrected chi connectivity index (χ0v) is 15.5. The van der Waals surface area contributed by atoms with Crippen LogP contribution in [0.4, 0.5) is 14.6 Å². The molecule has 0 spiro atoms. The Kier molecular flexibility index (Phi) is 4.42. The molecule has 7 nitrogen and oxygen atoms in total. The van der Waals surface area contributed by atoms with Gasteiger partial charge in [0.05, 0.1) is 23.5 Å². The van der Waals surface area contributed by atoms with Crippen molar-refractivity contribution in [2.75, 3.05) is 12.4 Å². The first-order valence-corrected chi connectivity index (χ1v) is 8.54. The van der Waals surface area contributed by atoms with E-state index in [9.17, 15) is 8.78 Å². The molecule has 0 aliphatic heterocycles. The average Bonchev–Trinajstić information content (AvgIpc) is 3.25. The fourth-order valence-electron chi connectivity index (χ4n) is 3.12. The van der Waals surface area contributed by atoms with E-state index in [4.69, 9.17) is 4.74 Å². The molecule has 3 heterocycles. The molecule has 28 heavy (non-hydrogen) atoms. The maximum atomic E-state index is 13.1. The molecule has 0 bridgehead atoms. The highest BCUT2D eigenvalue weighted by Crippen LogP contribution is 2.36. The predicted octanol–water partition coefficient (Wildman–Crippen LogP) is 3.68. The number of ether oxygens (including phenoxy) is 1. The number of anilines is 1. The van der Waals surface area contributed by atoms with Gasteiger partial charge in [-0.05, 0) is 17.7 Å². The number of hydrogen-bond acceptors (Lipinski definition) is 5. The minimum Gasteiger partial charge on any atom is -0.434 e. The molecule has 0 unspecified atom stereocenters. The van der Waals surface area contributed by atoms with E-state index >= 15 is 0 Å². The van der Waals surface area contributed by atoms with Crippen molar-refractivity contribution in [3.63, 3.8) is 0 Å². The van der Waals surface area contributed by atoms with Gasteiger partial charge in [0.2, 0.25) is 0 Å². The van der Waals surface area contributed by atoms with Crippen molar-refractivity contribution in [2.45, 2.75) is 6.61 Å². The van der Waals surface area contributed by atoms with Gasteiger partial charge in [-0.3, -0.25) is 4.68 Å². The fraction of sp³-hybridized carbons (Fsp3) is 0.211. The van der Waals surface area contributed by atoms with Crippen molar-refractivity contribution in [1.29, 1.82) is 0 Å². The van der Waals surface area contributed by atoms with E-state index in [-0.39, 0.29) is 5.75 Å². The van der Waals surface area contributed by atoms with Gasteiger partial charge in [0, 0.05) is 39.0 Å². The molecule has 0 fully saturated rings. The van der Waals surface area contributed by atoms with Crippen molar-refractivity contribution in [3.8, 4) is 28.3 Å². The van der Waals surface area contributed by atoms with E-state index in [1.165, 1.54) is 0 Å². The second-order valence-electron chi connectivity index (χ2n) is 6.29. The number of fused-ring (bicyclic) bond motifs is 1. The first-order valence-electron chi connectivity index (χ1n) is 8.54. The van der Waals surface area contributed by atoms with Gasteiger partial charge in [-0.1, -0.05) is 6.07 Å². The van der Waals surface area contributed by atoms with Crippen molar-refractivity contribution < 1.29 is 13.5 Å². The Hall–Kier alpha value is -3.49. The molecule has 3 aromatic heterocycles. The zero-order valence-electron chi connectivity index (χ0n) is 15.5. The minimum absolute atomic E-state index is 0.0524. The molecule has 144 valence electrons. The van der Waals surface area contributed by atoms with E-state index in [0.717, 1.165) is 16.6 Å². The zero-order chi connectivity index (χ0) is 19.8. The van der Waals surface area contributed by atoms with Crippen molar-refractivity contribution in [3.05, 3.63) is 42.9 Å². The Morgan fingerprint density at radius 1 is 1.11 bits per heavy atom. The third-order valence-corrected chi connectivity index (χ3v) is 4.50. The Morgan fingerprint density at radius 2 is 1.93 bits per heavy atom. The van der Waals surface area contributed by atoms with Gasteiger partial charge < -0.3 is 14.6 Å². The van der Waals surface area contributed by atoms with E-state index in [1.807, 2.05) is 23.7 Å². The molecule has 0 atom stereocenters. The Bertz CT molecular complexity index is 1150. The predicted molar refractivity (Wildman–Crippen MR) is 102 cm³/mol. The number of pyridine rings is 1. The molecular weight excluding hydrogens is 366 g/mol. The number of aryl methyl sites for hydroxylation is 2. The van der Waals surface area contributed by atoms with Gasteiger partial charge in [-0.2, -0.15) is 13.9 Å². The Morgan fingerprint density at radius 3 is 2.61 bits per heavy atom. The Labute approximate surface area is 159 Å². The smallest absolute Gasteiger partial charge is 0.387 e. The van der Waals surface area contributed by atoms with Crippen LogP contribution in [0.15, 0.2) is 42.9 Å². The SMILES string of the molecule is CNc1cc2c(cn1)nc(-c1ccc(-c3cnn(C)c3)cc1OC(F)F)n2C. The summed E-state index contributed by atoms with van der Waals surface area (Å²) in [6.07, 6.45) is 5.12. The highest BCUT2D eigenvalue weighted by molar-refractivity contribution is 5.84. The van der Waals surface area contributed by atoms with Gasteiger partial charge in [0.25, 0.3) is 0 Å². The molecule has 0 saturated carbocycles. The van der Waals surface area contributed by atoms with Gasteiger partial charge in [0.1, 0.15) is 22.9 Å². The summed E-state index contributed by atoms with van der Waals surface area (Å²) in [5.74, 6) is 1.26. The number of benzene rings is 1. The van der Waals surface area contributed by atoms with Crippen LogP contribution < -0.4 is 10.1 Å². The molecule has 0 amide bonds.